The maximum Gasteiger partial charge on any atom is 0.263 e. The number of piperidine rings is 1. The summed E-state index contributed by atoms with van der Waals surface area (Å²) in [5.41, 5.74) is 0.669. The molecule has 1 aromatic heterocycles. The summed E-state index contributed by atoms with van der Waals surface area (Å²) in [5, 5.41) is 13.6. The Morgan fingerprint density at radius 1 is 1.23 bits per heavy atom. The monoisotopic (exact) mass is 297 g/mol. The van der Waals surface area contributed by atoms with Crippen molar-refractivity contribution in [1.29, 1.82) is 0 Å². The summed E-state index contributed by atoms with van der Waals surface area (Å²) < 4.78 is 0. The van der Waals surface area contributed by atoms with E-state index >= 15 is 0 Å². The average Bonchev–Trinajstić information content (AvgIpc) is 2.78. The Morgan fingerprint density at radius 3 is 2.82 bits per heavy atom. The minimum Gasteiger partial charge on any atom is -0.507 e. The van der Waals surface area contributed by atoms with Crippen LogP contribution in [0.4, 0.5) is 5.69 Å². The Bertz CT molecular complexity index is 861. The molecule has 1 fully saturated rings. The molecule has 2 N–H and O–H groups in total. The largest absolute Gasteiger partial charge is 0.507 e. The van der Waals surface area contributed by atoms with Gasteiger partial charge in [0.25, 0.3) is 5.91 Å². The number of hydrogen-bond acceptors (Lipinski definition) is 5. The van der Waals surface area contributed by atoms with Crippen molar-refractivity contribution in [2.24, 2.45) is 0 Å². The molecule has 1 unspecified atom stereocenters. The van der Waals surface area contributed by atoms with Crippen LogP contribution in [0.2, 0.25) is 0 Å². The summed E-state index contributed by atoms with van der Waals surface area (Å²) in [4.78, 5) is 41.5. The van der Waals surface area contributed by atoms with E-state index in [0.29, 0.717) is 16.5 Å². The Labute approximate surface area is 124 Å². The molecule has 0 saturated carbocycles. The molecule has 1 aromatic carbocycles. The molecule has 22 heavy (non-hydrogen) atoms. The van der Waals surface area contributed by atoms with Gasteiger partial charge in [0, 0.05) is 23.4 Å². The number of aromatic nitrogens is 1. The molecule has 3 heterocycles. The summed E-state index contributed by atoms with van der Waals surface area (Å²) in [5.74, 6) is -1.42. The molecule has 1 saturated heterocycles. The number of benzene rings is 1. The fourth-order valence-electron chi connectivity index (χ4n) is 3.11. The predicted octanol–water partition coefficient (Wildman–Crippen LogP) is 0.706. The van der Waals surface area contributed by atoms with E-state index in [-0.39, 0.29) is 30.1 Å². The first-order valence-electron chi connectivity index (χ1n) is 6.85. The number of nitrogens with zero attached hydrogens (tertiary/aromatic N) is 2. The maximum atomic E-state index is 12.7. The summed E-state index contributed by atoms with van der Waals surface area (Å²) in [7, 11) is 0. The number of nitrogens with one attached hydrogen (secondary N) is 1. The number of phenols is 1. The van der Waals surface area contributed by atoms with E-state index in [4.69, 9.17) is 0 Å². The van der Waals surface area contributed by atoms with E-state index < -0.39 is 17.9 Å². The van der Waals surface area contributed by atoms with Crippen LogP contribution in [0.25, 0.3) is 10.8 Å². The van der Waals surface area contributed by atoms with E-state index in [1.807, 2.05) is 0 Å². The number of pyridine rings is 1. The highest BCUT2D eigenvalue weighted by Gasteiger charge is 2.42. The lowest BCUT2D eigenvalue weighted by Gasteiger charge is -2.29. The summed E-state index contributed by atoms with van der Waals surface area (Å²) in [6, 6.07) is 2.34. The van der Waals surface area contributed by atoms with Gasteiger partial charge in [0.15, 0.2) is 0 Å². The van der Waals surface area contributed by atoms with Crippen molar-refractivity contribution in [1.82, 2.24) is 10.3 Å². The van der Waals surface area contributed by atoms with E-state index in [0.717, 1.165) is 0 Å². The van der Waals surface area contributed by atoms with Crippen molar-refractivity contribution in [3.63, 3.8) is 0 Å². The zero-order valence-electron chi connectivity index (χ0n) is 11.4. The van der Waals surface area contributed by atoms with Gasteiger partial charge in [-0.1, -0.05) is 0 Å². The quantitative estimate of drug-likeness (QED) is 0.755. The molecular weight excluding hydrogens is 286 g/mol. The van der Waals surface area contributed by atoms with Gasteiger partial charge < -0.3 is 5.11 Å². The van der Waals surface area contributed by atoms with Gasteiger partial charge >= 0.3 is 0 Å². The molecule has 110 valence electrons. The second kappa shape index (κ2) is 4.27. The highest BCUT2D eigenvalue weighted by Crippen LogP contribution is 2.42. The normalized spacial score (nSPS) is 20.6. The zero-order valence-corrected chi connectivity index (χ0v) is 11.4. The molecule has 7 nitrogen and oxygen atoms in total. The standard InChI is InChI=1S/C15H11N3O4/c19-10-3-1-7-5-16-6-9-12(7)13(10)15(22)18(9)8-2-4-11(20)17-14(8)21/h1,3,5-6,8,19H,2,4H2,(H,17,20,21). The molecule has 0 spiro atoms. The SMILES string of the molecule is O=C1CCC(N2C(=O)c3c(O)ccc4cncc2c34)C(=O)N1. The molecule has 0 bridgehead atoms. The van der Waals surface area contributed by atoms with Gasteiger partial charge in [-0.25, -0.2) is 0 Å². The lowest BCUT2D eigenvalue weighted by molar-refractivity contribution is -0.134. The van der Waals surface area contributed by atoms with E-state index in [1.54, 1.807) is 12.3 Å². The number of carbonyl (C=O) groups excluding carboxylic acids is 3. The molecular formula is C15H11N3O4. The van der Waals surface area contributed by atoms with Gasteiger partial charge in [-0.15, -0.1) is 0 Å². The molecule has 0 aliphatic carbocycles. The molecule has 4 rings (SSSR count). The Kier molecular flexibility index (Phi) is 2.47. The van der Waals surface area contributed by atoms with Crippen LogP contribution in [0.1, 0.15) is 23.2 Å². The third-order valence-electron chi connectivity index (χ3n) is 4.10. The van der Waals surface area contributed by atoms with Crippen LogP contribution < -0.4 is 10.2 Å². The van der Waals surface area contributed by atoms with Crippen LogP contribution in [0.3, 0.4) is 0 Å². The lowest BCUT2D eigenvalue weighted by atomic mass is 10.0. The number of imide groups is 1. The molecule has 2 aromatic rings. The first kappa shape index (κ1) is 12.8. The Morgan fingerprint density at radius 2 is 2.05 bits per heavy atom. The van der Waals surface area contributed by atoms with Crippen molar-refractivity contribution in [2.75, 3.05) is 4.90 Å². The van der Waals surface area contributed by atoms with Gasteiger partial charge in [0.2, 0.25) is 11.8 Å². The summed E-state index contributed by atoms with van der Waals surface area (Å²) >= 11 is 0. The first-order valence-corrected chi connectivity index (χ1v) is 6.85. The number of phenolic OH excluding ortho intramolecular Hbond substituents is 1. The fraction of sp³-hybridized carbons (Fsp3) is 0.200. The predicted molar refractivity (Wildman–Crippen MR) is 76.4 cm³/mol. The molecule has 1 atom stereocenters. The smallest absolute Gasteiger partial charge is 0.263 e. The van der Waals surface area contributed by atoms with Crippen LogP contribution in [-0.2, 0) is 9.59 Å². The molecule has 7 heteroatoms. The van der Waals surface area contributed by atoms with Gasteiger partial charge in [-0.2, -0.15) is 0 Å². The number of carbonyl (C=O) groups is 3. The number of hydrogen-bond donors (Lipinski definition) is 2. The van der Waals surface area contributed by atoms with Crippen molar-refractivity contribution >= 4 is 34.2 Å². The zero-order chi connectivity index (χ0) is 15.4. The number of aromatic hydroxyl groups is 1. The van der Waals surface area contributed by atoms with Crippen LogP contribution in [-0.4, -0.2) is 33.9 Å². The lowest BCUT2D eigenvalue weighted by Crippen LogP contribution is -2.53. The van der Waals surface area contributed by atoms with Crippen molar-refractivity contribution in [2.45, 2.75) is 18.9 Å². The summed E-state index contributed by atoms with van der Waals surface area (Å²) in [6.45, 7) is 0. The van der Waals surface area contributed by atoms with Crippen LogP contribution in [0.15, 0.2) is 24.5 Å². The summed E-state index contributed by atoms with van der Waals surface area (Å²) in [6.07, 6.45) is 3.52. The van der Waals surface area contributed by atoms with Crippen LogP contribution >= 0.6 is 0 Å². The van der Waals surface area contributed by atoms with Crippen molar-refractivity contribution in [3.05, 3.63) is 30.1 Å². The van der Waals surface area contributed by atoms with Crippen molar-refractivity contribution < 1.29 is 19.5 Å². The number of anilines is 1. The highest BCUT2D eigenvalue weighted by molar-refractivity contribution is 6.28. The number of amides is 3. The second-order valence-electron chi connectivity index (χ2n) is 5.36. The van der Waals surface area contributed by atoms with Gasteiger partial charge in [0.05, 0.1) is 17.4 Å². The van der Waals surface area contributed by atoms with E-state index in [9.17, 15) is 19.5 Å². The maximum absolute atomic E-state index is 12.7. The average molecular weight is 297 g/mol. The topological polar surface area (TPSA) is 99.6 Å². The van der Waals surface area contributed by atoms with Crippen LogP contribution in [0.5, 0.6) is 5.75 Å². The number of rotatable bonds is 1. The highest BCUT2D eigenvalue weighted by atomic mass is 16.3. The van der Waals surface area contributed by atoms with E-state index in [1.165, 1.54) is 17.2 Å². The van der Waals surface area contributed by atoms with Crippen LogP contribution in [0, 0.1) is 0 Å². The molecule has 2 aliphatic heterocycles. The third kappa shape index (κ3) is 1.56. The molecule has 0 radical (unpaired) electrons. The van der Waals surface area contributed by atoms with Gasteiger partial charge in [-0.3, -0.25) is 29.6 Å². The van der Waals surface area contributed by atoms with Gasteiger partial charge in [0.1, 0.15) is 11.8 Å². The second-order valence-corrected chi connectivity index (χ2v) is 5.36. The minimum absolute atomic E-state index is 0.125. The minimum atomic E-state index is -0.774. The third-order valence-corrected chi connectivity index (χ3v) is 4.10. The Balaban J connectivity index is 1.89. The van der Waals surface area contributed by atoms with Crippen molar-refractivity contribution in [3.8, 4) is 5.75 Å². The fourth-order valence-corrected chi connectivity index (χ4v) is 3.11. The first-order chi connectivity index (χ1) is 10.6. The van der Waals surface area contributed by atoms with Gasteiger partial charge in [-0.05, 0) is 18.6 Å². The molecule has 3 amide bonds. The Hall–Kier alpha value is -2.96. The van der Waals surface area contributed by atoms with E-state index in [2.05, 4.69) is 10.3 Å². The molecule has 2 aliphatic rings.